The van der Waals surface area contributed by atoms with E-state index in [4.69, 9.17) is 4.74 Å². The van der Waals surface area contributed by atoms with E-state index in [1.54, 1.807) is 36.4 Å². The third-order valence-corrected chi connectivity index (χ3v) is 5.57. The second-order valence-electron chi connectivity index (χ2n) is 7.71. The first-order valence-corrected chi connectivity index (χ1v) is 10.2. The fourth-order valence-electron chi connectivity index (χ4n) is 4.02. The number of benzene rings is 2. The van der Waals surface area contributed by atoms with Crippen LogP contribution in [0.25, 0.3) is 0 Å². The number of rotatable bonds is 6. The van der Waals surface area contributed by atoms with Crippen LogP contribution in [0.2, 0.25) is 0 Å². The monoisotopic (exact) mass is 392 g/mol. The fraction of sp³-hybridized carbons (Fsp3) is 0.348. The fourth-order valence-corrected chi connectivity index (χ4v) is 4.02. The molecule has 3 amide bonds. The summed E-state index contributed by atoms with van der Waals surface area (Å²) < 4.78 is 5.82. The van der Waals surface area contributed by atoms with Gasteiger partial charge < -0.3 is 10.1 Å². The van der Waals surface area contributed by atoms with Gasteiger partial charge in [0.05, 0.1) is 11.1 Å². The minimum absolute atomic E-state index is 0.0143. The minimum atomic E-state index is -0.422. The molecular formula is C23H24N2O4. The van der Waals surface area contributed by atoms with Crippen molar-refractivity contribution in [3.8, 4) is 11.5 Å². The van der Waals surface area contributed by atoms with Crippen molar-refractivity contribution < 1.29 is 19.1 Å². The number of hydrogen-bond acceptors (Lipinski definition) is 4. The highest BCUT2D eigenvalue weighted by molar-refractivity contribution is 6.21. The lowest BCUT2D eigenvalue weighted by atomic mass is 9.86. The number of amides is 3. The zero-order valence-corrected chi connectivity index (χ0v) is 16.2. The van der Waals surface area contributed by atoms with E-state index >= 15 is 0 Å². The number of carbonyl (C=O) groups is 3. The van der Waals surface area contributed by atoms with Crippen LogP contribution in [0.5, 0.6) is 11.5 Å². The van der Waals surface area contributed by atoms with Crippen LogP contribution in [0.3, 0.4) is 0 Å². The Kier molecular flexibility index (Phi) is 5.60. The molecule has 2 aliphatic rings. The van der Waals surface area contributed by atoms with Crippen molar-refractivity contribution >= 4 is 23.4 Å². The molecule has 1 heterocycles. The average Bonchev–Trinajstić information content (AvgIpc) is 3.01. The van der Waals surface area contributed by atoms with Gasteiger partial charge in [0.25, 0.3) is 11.8 Å². The normalized spacial score (nSPS) is 16.3. The van der Waals surface area contributed by atoms with Gasteiger partial charge in [-0.25, -0.2) is 0 Å². The maximum atomic E-state index is 12.3. The summed E-state index contributed by atoms with van der Waals surface area (Å²) in [5, 5.41) is 5.19. The number of carbonyl (C=O) groups excluding carboxylic acids is 3. The SMILES string of the molecule is O=C(CCC1CCCCC1)Nc1cccc(Oc2ccc3c(c2)C(=O)NC3=O)c1. The van der Waals surface area contributed by atoms with Crippen molar-refractivity contribution in [2.45, 2.75) is 44.9 Å². The van der Waals surface area contributed by atoms with Gasteiger partial charge in [0.2, 0.25) is 5.91 Å². The highest BCUT2D eigenvalue weighted by atomic mass is 16.5. The second kappa shape index (κ2) is 8.47. The molecule has 2 aromatic rings. The Balaban J connectivity index is 1.36. The highest BCUT2D eigenvalue weighted by Gasteiger charge is 2.27. The van der Waals surface area contributed by atoms with Crippen molar-refractivity contribution in [2.24, 2.45) is 5.92 Å². The van der Waals surface area contributed by atoms with Crippen LogP contribution < -0.4 is 15.4 Å². The van der Waals surface area contributed by atoms with Crippen molar-refractivity contribution in [3.63, 3.8) is 0 Å². The van der Waals surface area contributed by atoms with Crippen LogP contribution in [-0.2, 0) is 4.79 Å². The number of imide groups is 1. The first-order chi connectivity index (χ1) is 14.1. The maximum Gasteiger partial charge on any atom is 0.259 e. The molecule has 29 heavy (non-hydrogen) atoms. The van der Waals surface area contributed by atoms with Gasteiger partial charge in [-0.2, -0.15) is 0 Å². The Morgan fingerprint density at radius 2 is 1.72 bits per heavy atom. The second-order valence-corrected chi connectivity index (χ2v) is 7.71. The van der Waals surface area contributed by atoms with Crippen LogP contribution in [-0.4, -0.2) is 17.7 Å². The lowest BCUT2D eigenvalue weighted by molar-refractivity contribution is -0.116. The Hall–Kier alpha value is -3.15. The van der Waals surface area contributed by atoms with Gasteiger partial charge in [-0.3, -0.25) is 19.7 Å². The number of ether oxygens (including phenoxy) is 1. The summed E-state index contributed by atoms with van der Waals surface area (Å²) in [6, 6.07) is 11.9. The van der Waals surface area contributed by atoms with Crippen LogP contribution in [0, 0.1) is 5.92 Å². The van der Waals surface area contributed by atoms with Crippen molar-refractivity contribution in [3.05, 3.63) is 53.6 Å². The van der Waals surface area contributed by atoms with Crippen LogP contribution in [0.1, 0.15) is 65.7 Å². The van der Waals surface area contributed by atoms with E-state index in [2.05, 4.69) is 10.6 Å². The predicted octanol–water partition coefficient (Wildman–Crippen LogP) is 4.66. The molecule has 4 rings (SSSR count). The van der Waals surface area contributed by atoms with Gasteiger partial charge in [0, 0.05) is 18.2 Å². The Labute approximate surface area is 169 Å². The summed E-state index contributed by atoms with van der Waals surface area (Å²) in [6.45, 7) is 0. The van der Waals surface area contributed by atoms with E-state index in [-0.39, 0.29) is 5.91 Å². The highest BCUT2D eigenvalue weighted by Crippen LogP contribution is 2.29. The largest absolute Gasteiger partial charge is 0.457 e. The average molecular weight is 392 g/mol. The Morgan fingerprint density at radius 3 is 2.55 bits per heavy atom. The van der Waals surface area contributed by atoms with E-state index in [9.17, 15) is 14.4 Å². The Bertz CT molecular complexity index is 948. The maximum absolute atomic E-state index is 12.3. The standard InChI is InChI=1S/C23H24N2O4/c26-21(12-9-15-5-2-1-3-6-15)24-16-7-4-8-17(13-16)29-18-10-11-19-20(14-18)23(28)25-22(19)27/h4,7-8,10-11,13-15H,1-3,5-6,9,12H2,(H,24,26)(H,25,27,28). The summed E-state index contributed by atoms with van der Waals surface area (Å²) in [7, 11) is 0. The molecule has 2 N–H and O–H groups in total. The topological polar surface area (TPSA) is 84.5 Å². The van der Waals surface area contributed by atoms with Crippen molar-refractivity contribution in [1.29, 1.82) is 0 Å². The lowest BCUT2D eigenvalue weighted by Crippen LogP contribution is -2.19. The molecule has 0 unspecified atom stereocenters. The van der Waals surface area contributed by atoms with Gasteiger partial charge in [0.1, 0.15) is 11.5 Å². The van der Waals surface area contributed by atoms with Gasteiger partial charge in [-0.05, 0) is 42.7 Å². The summed E-state index contributed by atoms with van der Waals surface area (Å²) in [4.78, 5) is 35.7. The lowest BCUT2D eigenvalue weighted by Gasteiger charge is -2.21. The van der Waals surface area contributed by atoms with E-state index in [0.717, 1.165) is 6.42 Å². The zero-order chi connectivity index (χ0) is 20.2. The third kappa shape index (κ3) is 4.65. The van der Waals surface area contributed by atoms with E-state index < -0.39 is 11.8 Å². The number of hydrogen-bond donors (Lipinski definition) is 2. The minimum Gasteiger partial charge on any atom is -0.457 e. The third-order valence-electron chi connectivity index (χ3n) is 5.57. The molecule has 0 atom stereocenters. The molecule has 1 aliphatic heterocycles. The van der Waals surface area contributed by atoms with Crippen LogP contribution in [0.15, 0.2) is 42.5 Å². The molecule has 1 aliphatic carbocycles. The number of fused-ring (bicyclic) bond motifs is 1. The molecule has 2 aromatic carbocycles. The quantitative estimate of drug-likeness (QED) is 0.700. The van der Waals surface area contributed by atoms with Gasteiger partial charge in [-0.1, -0.05) is 38.2 Å². The molecule has 0 bridgehead atoms. The van der Waals surface area contributed by atoms with E-state index in [0.29, 0.717) is 40.7 Å². The van der Waals surface area contributed by atoms with E-state index in [1.165, 1.54) is 32.1 Å². The number of nitrogens with one attached hydrogen (secondary N) is 2. The summed E-state index contributed by atoms with van der Waals surface area (Å²) in [5.41, 5.74) is 1.33. The molecule has 150 valence electrons. The van der Waals surface area contributed by atoms with E-state index in [1.807, 2.05) is 6.07 Å². The summed E-state index contributed by atoms with van der Waals surface area (Å²) in [5.74, 6) is 0.867. The molecule has 1 saturated carbocycles. The molecule has 0 aromatic heterocycles. The number of anilines is 1. The van der Waals surface area contributed by atoms with Crippen molar-refractivity contribution in [2.75, 3.05) is 5.32 Å². The molecule has 1 fully saturated rings. The van der Waals surface area contributed by atoms with Gasteiger partial charge >= 0.3 is 0 Å². The zero-order valence-electron chi connectivity index (χ0n) is 16.2. The predicted molar refractivity (Wildman–Crippen MR) is 109 cm³/mol. The summed E-state index contributed by atoms with van der Waals surface area (Å²) >= 11 is 0. The molecule has 0 spiro atoms. The summed E-state index contributed by atoms with van der Waals surface area (Å²) in [6.07, 6.45) is 7.83. The molecule has 6 nitrogen and oxygen atoms in total. The smallest absolute Gasteiger partial charge is 0.259 e. The van der Waals surface area contributed by atoms with Crippen LogP contribution >= 0.6 is 0 Å². The first-order valence-electron chi connectivity index (χ1n) is 10.2. The molecule has 0 saturated heterocycles. The van der Waals surface area contributed by atoms with Gasteiger partial charge in [-0.15, -0.1) is 0 Å². The first kappa shape index (κ1) is 19.2. The molecule has 0 radical (unpaired) electrons. The van der Waals surface area contributed by atoms with Crippen molar-refractivity contribution in [1.82, 2.24) is 5.32 Å². The molecule has 6 heteroatoms. The Morgan fingerprint density at radius 1 is 0.966 bits per heavy atom. The molecular weight excluding hydrogens is 368 g/mol. The van der Waals surface area contributed by atoms with Gasteiger partial charge in [0.15, 0.2) is 0 Å². The van der Waals surface area contributed by atoms with Crippen LogP contribution in [0.4, 0.5) is 5.69 Å².